The van der Waals surface area contributed by atoms with E-state index in [1.807, 2.05) is 42.0 Å². The maximum Gasteiger partial charge on any atom is 0.244 e. The molecule has 0 atom stereocenters. The van der Waals surface area contributed by atoms with E-state index in [2.05, 4.69) is 43.4 Å². The van der Waals surface area contributed by atoms with E-state index in [0.717, 1.165) is 10.9 Å². The summed E-state index contributed by atoms with van der Waals surface area (Å²) in [7, 11) is 0. The van der Waals surface area contributed by atoms with Crippen molar-refractivity contribution in [1.82, 2.24) is 4.57 Å². The highest BCUT2D eigenvalue weighted by Crippen LogP contribution is 2.25. The lowest BCUT2D eigenvalue weighted by atomic mass is 10.0. The number of nitrogens with one attached hydrogen (secondary N) is 1. The minimum atomic E-state index is -0.0717. The Morgan fingerprint density at radius 1 is 1.16 bits per heavy atom. The predicted molar refractivity (Wildman–Crippen MR) is 102 cm³/mol. The van der Waals surface area contributed by atoms with Crippen molar-refractivity contribution in [3.05, 3.63) is 60.3 Å². The molecule has 1 heterocycles. The van der Waals surface area contributed by atoms with Gasteiger partial charge in [0.1, 0.15) is 12.3 Å². The number of anilines is 1. The average Bonchev–Trinajstić information content (AvgIpc) is 2.99. The molecule has 0 saturated heterocycles. The van der Waals surface area contributed by atoms with Crippen LogP contribution >= 0.6 is 0 Å². The van der Waals surface area contributed by atoms with Crippen molar-refractivity contribution in [3.63, 3.8) is 0 Å². The van der Waals surface area contributed by atoms with Gasteiger partial charge in [-0.3, -0.25) is 4.79 Å². The largest absolute Gasteiger partial charge is 0.492 e. The smallest absolute Gasteiger partial charge is 0.244 e. The number of para-hydroxylation sites is 2. The molecular formula is C21H24N2O2. The van der Waals surface area contributed by atoms with Crippen LogP contribution in [-0.2, 0) is 11.3 Å². The first-order valence-electron chi connectivity index (χ1n) is 8.69. The summed E-state index contributed by atoms with van der Waals surface area (Å²) in [6.45, 7) is 7.12. The second-order valence-electron chi connectivity index (χ2n) is 6.39. The fourth-order valence-electron chi connectivity index (χ4n) is 2.91. The van der Waals surface area contributed by atoms with Crippen molar-refractivity contribution in [2.45, 2.75) is 33.2 Å². The molecule has 4 nitrogen and oxygen atoms in total. The number of nitrogens with zero attached hydrogens (tertiary/aromatic N) is 1. The maximum atomic E-state index is 12.5. The van der Waals surface area contributed by atoms with Gasteiger partial charge in [-0.15, -0.1) is 0 Å². The SMILES string of the molecule is CCOc1ccccc1NC(=O)Cn1ccc2cc(C(C)C)ccc21. The Labute approximate surface area is 148 Å². The molecule has 3 rings (SSSR count). The normalized spacial score (nSPS) is 11.0. The van der Waals surface area contributed by atoms with E-state index in [9.17, 15) is 4.79 Å². The van der Waals surface area contributed by atoms with Gasteiger partial charge in [-0.05, 0) is 54.1 Å². The number of carbonyl (C=O) groups excluding carboxylic acids is 1. The van der Waals surface area contributed by atoms with Crippen LogP contribution in [0.2, 0.25) is 0 Å². The Bertz CT molecular complexity index is 880. The molecule has 1 amide bonds. The van der Waals surface area contributed by atoms with E-state index in [-0.39, 0.29) is 12.5 Å². The number of carbonyl (C=O) groups is 1. The Balaban J connectivity index is 1.76. The van der Waals surface area contributed by atoms with E-state index in [1.54, 1.807) is 0 Å². The van der Waals surface area contributed by atoms with Gasteiger partial charge in [0.25, 0.3) is 0 Å². The number of amides is 1. The van der Waals surface area contributed by atoms with E-state index < -0.39 is 0 Å². The average molecular weight is 336 g/mol. The second kappa shape index (κ2) is 7.43. The fraction of sp³-hybridized carbons (Fsp3) is 0.286. The summed E-state index contributed by atoms with van der Waals surface area (Å²) >= 11 is 0. The minimum Gasteiger partial charge on any atom is -0.492 e. The molecule has 0 radical (unpaired) electrons. The van der Waals surface area contributed by atoms with Crippen LogP contribution in [0.3, 0.4) is 0 Å². The second-order valence-corrected chi connectivity index (χ2v) is 6.39. The van der Waals surface area contributed by atoms with Crippen LogP contribution in [-0.4, -0.2) is 17.1 Å². The van der Waals surface area contributed by atoms with Crippen LogP contribution in [0.1, 0.15) is 32.3 Å². The lowest BCUT2D eigenvalue weighted by molar-refractivity contribution is -0.116. The van der Waals surface area contributed by atoms with Gasteiger partial charge in [0.2, 0.25) is 5.91 Å². The van der Waals surface area contributed by atoms with Crippen molar-refractivity contribution in [2.24, 2.45) is 0 Å². The van der Waals surface area contributed by atoms with Gasteiger partial charge in [-0.1, -0.05) is 32.0 Å². The zero-order chi connectivity index (χ0) is 17.8. The quantitative estimate of drug-likeness (QED) is 0.702. The fourth-order valence-corrected chi connectivity index (χ4v) is 2.91. The number of hydrogen-bond donors (Lipinski definition) is 1. The van der Waals surface area contributed by atoms with Gasteiger partial charge in [0.05, 0.1) is 12.3 Å². The number of fused-ring (bicyclic) bond motifs is 1. The zero-order valence-corrected chi connectivity index (χ0v) is 15.0. The molecule has 0 fully saturated rings. The molecule has 3 aromatic rings. The third kappa shape index (κ3) is 3.85. The Morgan fingerprint density at radius 2 is 1.96 bits per heavy atom. The third-order valence-electron chi connectivity index (χ3n) is 4.24. The van der Waals surface area contributed by atoms with Crippen molar-refractivity contribution >= 4 is 22.5 Å². The Morgan fingerprint density at radius 3 is 2.72 bits per heavy atom. The molecular weight excluding hydrogens is 312 g/mol. The first-order chi connectivity index (χ1) is 12.1. The van der Waals surface area contributed by atoms with Crippen LogP contribution in [0.15, 0.2) is 54.7 Å². The van der Waals surface area contributed by atoms with Crippen LogP contribution in [0.4, 0.5) is 5.69 Å². The molecule has 0 bridgehead atoms. The summed E-state index contributed by atoms with van der Waals surface area (Å²) in [5.74, 6) is 1.11. The summed E-state index contributed by atoms with van der Waals surface area (Å²) in [5.41, 5.74) is 3.07. The number of benzene rings is 2. The Kier molecular flexibility index (Phi) is 5.08. The molecule has 0 unspecified atom stereocenters. The third-order valence-corrected chi connectivity index (χ3v) is 4.24. The van der Waals surface area contributed by atoms with Crippen molar-refractivity contribution < 1.29 is 9.53 Å². The van der Waals surface area contributed by atoms with Crippen LogP contribution in [0, 0.1) is 0 Å². The molecule has 0 spiro atoms. The minimum absolute atomic E-state index is 0.0717. The zero-order valence-electron chi connectivity index (χ0n) is 15.0. The van der Waals surface area contributed by atoms with Gasteiger partial charge in [-0.25, -0.2) is 0 Å². The lowest BCUT2D eigenvalue weighted by Gasteiger charge is -2.12. The van der Waals surface area contributed by atoms with Crippen LogP contribution in [0.25, 0.3) is 10.9 Å². The molecule has 25 heavy (non-hydrogen) atoms. The highest BCUT2D eigenvalue weighted by atomic mass is 16.5. The standard InChI is InChI=1S/C21H24N2O2/c1-4-25-20-8-6-5-7-18(20)22-21(24)14-23-12-11-17-13-16(15(2)3)9-10-19(17)23/h5-13,15H,4,14H2,1-3H3,(H,22,24). The number of aromatic nitrogens is 1. The molecule has 1 N–H and O–H groups in total. The van der Waals surface area contributed by atoms with E-state index in [0.29, 0.717) is 24.0 Å². The summed E-state index contributed by atoms with van der Waals surface area (Å²) in [5, 5.41) is 4.10. The van der Waals surface area contributed by atoms with Crippen molar-refractivity contribution in [2.75, 3.05) is 11.9 Å². The topological polar surface area (TPSA) is 43.3 Å². The summed E-state index contributed by atoms with van der Waals surface area (Å²) in [6.07, 6.45) is 1.96. The van der Waals surface area contributed by atoms with Crippen molar-refractivity contribution in [3.8, 4) is 5.75 Å². The van der Waals surface area contributed by atoms with E-state index in [4.69, 9.17) is 4.74 Å². The molecule has 0 aliphatic heterocycles. The van der Waals surface area contributed by atoms with Gasteiger partial charge in [0.15, 0.2) is 0 Å². The molecule has 4 heteroatoms. The van der Waals surface area contributed by atoms with Gasteiger partial charge in [-0.2, -0.15) is 0 Å². The monoisotopic (exact) mass is 336 g/mol. The summed E-state index contributed by atoms with van der Waals surface area (Å²) in [4.78, 5) is 12.5. The van der Waals surface area contributed by atoms with Gasteiger partial charge >= 0.3 is 0 Å². The van der Waals surface area contributed by atoms with E-state index >= 15 is 0 Å². The highest BCUT2D eigenvalue weighted by molar-refractivity contribution is 5.93. The molecule has 0 aliphatic carbocycles. The first-order valence-corrected chi connectivity index (χ1v) is 8.69. The maximum absolute atomic E-state index is 12.5. The summed E-state index contributed by atoms with van der Waals surface area (Å²) < 4.78 is 7.53. The Hall–Kier alpha value is -2.75. The molecule has 0 aliphatic rings. The number of rotatable bonds is 6. The van der Waals surface area contributed by atoms with Crippen LogP contribution in [0.5, 0.6) is 5.75 Å². The number of hydrogen-bond acceptors (Lipinski definition) is 2. The van der Waals surface area contributed by atoms with Crippen molar-refractivity contribution in [1.29, 1.82) is 0 Å². The lowest BCUT2D eigenvalue weighted by Crippen LogP contribution is -2.18. The molecule has 2 aromatic carbocycles. The van der Waals surface area contributed by atoms with Gasteiger partial charge in [0, 0.05) is 11.7 Å². The van der Waals surface area contributed by atoms with Crippen LogP contribution < -0.4 is 10.1 Å². The summed E-state index contributed by atoms with van der Waals surface area (Å²) in [6, 6.07) is 16.0. The van der Waals surface area contributed by atoms with Gasteiger partial charge < -0.3 is 14.6 Å². The molecule has 1 aromatic heterocycles. The molecule has 0 saturated carbocycles. The predicted octanol–water partition coefficient (Wildman–Crippen LogP) is 4.80. The highest BCUT2D eigenvalue weighted by Gasteiger charge is 2.10. The number of ether oxygens (including phenoxy) is 1. The first kappa shape index (κ1) is 17.1. The molecule has 130 valence electrons. The van der Waals surface area contributed by atoms with E-state index in [1.165, 1.54) is 5.56 Å².